The van der Waals surface area contributed by atoms with Gasteiger partial charge in [-0.15, -0.1) is 0 Å². The molecule has 2 aliphatic carbocycles. The van der Waals surface area contributed by atoms with Gasteiger partial charge in [0, 0.05) is 27.6 Å². The molecule has 10 aromatic rings. The smallest absolute Gasteiger partial charge is 0.162 e. The van der Waals surface area contributed by atoms with E-state index in [0.717, 1.165) is 39.0 Å². The molecule has 242 valence electrons. The van der Waals surface area contributed by atoms with Gasteiger partial charge in [0.2, 0.25) is 0 Å². The average molecular weight is 662 g/mol. The highest BCUT2D eigenvalue weighted by atomic mass is 15.1. The van der Waals surface area contributed by atoms with Gasteiger partial charge < -0.3 is 0 Å². The zero-order valence-corrected chi connectivity index (χ0v) is 28.5. The van der Waals surface area contributed by atoms with Gasteiger partial charge in [0.05, 0.1) is 16.6 Å². The molecule has 0 spiro atoms. The first kappa shape index (κ1) is 28.2. The van der Waals surface area contributed by atoms with Crippen LogP contribution in [0.1, 0.15) is 35.4 Å². The van der Waals surface area contributed by atoms with E-state index in [1.54, 1.807) is 0 Å². The van der Waals surface area contributed by atoms with Crippen molar-refractivity contribution in [3.8, 4) is 39.5 Å². The number of rotatable bonds is 2. The van der Waals surface area contributed by atoms with E-state index in [1.165, 1.54) is 71.4 Å². The molecule has 0 N–H and O–H groups in total. The molecule has 2 aliphatic rings. The lowest BCUT2D eigenvalue weighted by molar-refractivity contribution is 0.662. The van der Waals surface area contributed by atoms with Gasteiger partial charge in [-0.25, -0.2) is 9.97 Å². The first-order chi connectivity index (χ1) is 25.7. The second-order valence-corrected chi connectivity index (χ2v) is 14.5. The van der Waals surface area contributed by atoms with Crippen LogP contribution in [0.25, 0.3) is 93.7 Å². The minimum absolute atomic E-state index is 0.298. The van der Waals surface area contributed by atoms with E-state index in [1.807, 2.05) is 0 Å². The summed E-state index contributed by atoms with van der Waals surface area (Å²) in [6, 6.07) is 57.6. The van der Waals surface area contributed by atoms with Crippen molar-refractivity contribution in [2.24, 2.45) is 0 Å². The van der Waals surface area contributed by atoms with Gasteiger partial charge in [-0.1, -0.05) is 140 Å². The van der Waals surface area contributed by atoms with E-state index in [9.17, 15) is 0 Å². The Labute approximate surface area is 300 Å². The maximum Gasteiger partial charge on any atom is 0.162 e. The molecule has 2 aromatic heterocycles. The molecule has 0 radical (unpaired) electrons. The highest BCUT2D eigenvalue weighted by molar-refractivity contribution is 6.27. The second-order valence-electron chi connectivity index (χ2n) is 14.5. The van der Waals surface area contributed by atoms with Gasteiger partial charge in [-0.3, -0.25) is 4.57 Å². The maximum absolute atomic E-state index is 5.57. The number of nitrogens with zero attached hydrogens (tertiary/aromatic N) is 3. The Morgan fingerprint density at radius 2 is 1.13 bits per heavy atom. The van der Waals surface area contributed by atoms with E-state index in [2.05, 4.69) is 169 Å². The highest BCUT2D eigenvalue weighted by Gasteiger charge is 2.41. The number of hydrogen-bond donors (Lipinski definition) is 0. The van der Waals surface area contributed by atoms with Crippen LogP contribution in [0.5, 0.6) is 0 Å². The van der Waals surface area contributed by atoms with Crippen LogP contribution in [0.3, 0.4) is 0 Å². The maximum atomic E-state index is 5.57. The molecule has 8 aromatic carbocycles. The van der Waals surface area contributed by atoms with Crippen molar-refractivity contribution < 1.29 is 0 Å². The summed E-state index contributed by atoms with van der Waals surface area (Å²) >= 11 is 0. The molecule has 12 rings (SSSR count). The van der Waals surface area contributed by atoms with Gasteiger partial charge in [0.25, 0.3) is 0 Å². The number of aromatic nitrogens is 3. The molecule has 0 amide bonds. The first-order valence-corrected chi connectivity index (χ1v) is 18.2. The molecule has 2 atom stereocenters. The molecule has 0 fully saturated rings. The van der Waals surface area contributed by atoms with Crippen molar-refractivity contribution in [2.75, 3.05) is 0 Å². The number of fused-ring (bicyclic) bond motifs is 13. The SMILES string of the molecule is CC1c2ccccc2-c2cc3c(c4c2C1c1ccccc1-4)c1c2ccccc2ccc1n3-c1nc(-c2cccc3ccccc23)nc2ccccc12. The van der Waals surface area contributed by atoms with Gasteiger partial charge in [0.1, 0.15) is 5.82 Å². The second kappa shape index (κ2) is 10.2. The fourth-order valence-electron chi connectivity index (χ4n) is 9.77. The largest absolute Gasteiger partial charge is 0.293 e. The third kappa shape index (κ3) is 3.60. The Morgan fingerprint density at radius 3 is 2.00 bits per heavy atom. The van der Waals surface area contributed by atoms with Crippen molar-refractivity contribution in [2.45, 2.75) is 18.8 Å². The standard InChI is InChI=1S/C49H31N3/c1-28-31-16-6-7-19-34(31)39-27-42-47(45-36-21-9-8-20-35(36)43(28)46(39)45)44-33-18-5-3-14-30(33)25-26-41(44)52(42)49-38-22-10-11-24-40(38)50-48(51-49)37-23-12-15-29-13-2-4-17-32(29)37/h2-28,43H,1H3. The molecule has 0 bridgehead atoms. The Kier molecular flexibility index (Phi) is 5.55. The molecule has 52 heavy (non-hydrogen) atoms. The Bertz CT molecular complexity index is 3160. The minimum Gasteiger partial charge on any atom is -0.293 e. The average Bonchev–Trinajstić information content (AvgIpc) is 3.73. The summed E-state index contributed by atoms with van der Waals surface area (Å²) in [6.45, 7) is 2.42. The van der Waals surface area contributed by atoms with Crippen LogP contribution in [0.15, 0.2) is 158 Å². The van der Waals surface area contributed by atoms with Crippen molar-refractivity contribution in [1.29, 1.82) is 0 Å². The number of para-hydroxylation sites is 1. The number of benzene rings is 8. The lowest BCUT2D eigenvalue weighted by Crippen LogP contribution is -2.14. The van der Waals surface area contributed by atoms with Crippen LogP contribution in [0, 0.1) is 0 Å². The van der Waals surface area contributed by atoms with Crippen molar-refractivity contribution in [3.63, 3.8) is 0 Å². The molecule has 2 heterocycles. The summed E-state index contributed by atoms with van der Waals surface area (Å²) < 4.78 is 2.45. The summed E-state index contributed by atoms with van der Waals surface area (Å²) in [7, 11) is 0. The zero-order valence-electron chi connectivity index (χ0n) is 28.5. The third-order valence-electron chi connectivity index (χ3n) is 11.9. The van der Waals surface area contributed by atoms with Crippen molar-refractivity contribution in [3.05, 3.63) is 174 Å². The summed E-state index contributed by atoms with van der Waals surface area (Å²) in [5, 5.41) is 8.44. The highest BCUT2D eigenvalue weighted by Crippen LogP contribution is 2.61. The van der Waals surface area contributed by atoms with Crippen LogP contribution in [-0.4, -0.2) is 14.5 Å². The van der Waals surface area contributed by atoms with Gasteiger partial charge in [-0.2, -0.15) is 0 Å². The first-order valence-electron chi connectivity index (χ1n) is 18.2. The number of hydrogen-bond acceptors (Lipinski definition) is 2. The van der Waals surface area contributed by atoms with Crippen LogP contribution >= 0.6 is 0 Å². The summed E-state index contributed by atoms with van der Waals surface area (Å²) in [4.78, 5) is 10.8. The van der Waals surface area contributed by atoms with Gasteiger partial charge in [-0.05, 0) is 90.7 Å². The predicted octanol–water partition coefficient (Wildman–Crippen LogP) is 12.6. The molecule has 2 unspecified atom stereocenters. The molecular weight excluding hydrogens is 631 g/mol. The van der Waals surface area contributed by atoms with Crippen LogP contribution in [0.2, 0.25) is 0 Å². The zero-order chi connectivity index (χ0) is 34.1. The monoisotopic (exact) mass is 661 g/mol. The fraction of sp³-hybridized carbons (Fsp3) is 0.0612. The molecule has 3 nitrogen and oxygen atoms in total. The lowest BCUT2D eigenvalue weighted by atomic mass is 9.71. The molecule has 0 saturated heterocycles. The lowest BCUT2D eigenvalue weighted by Gasteiger charge is -2.32. The van der Waals surface area contributed by atoms with Crippen molar-refractivity contribution in [1.82, 2.24) is 14.5 Å². The Hall–Kier alpha value is -6.58. The minimum atomic E-state index is 0.298. The summed E-state index contributed by atoms with van der Waals surface area (Å²) in [6.07, 6.45) is 0. The normalized spacial score (nSPS) is 15.8. The Morgan fingerprint density at radius 1 is 0.481 bits per heavy atom. The van der Waals surface area contributed by atoms with Crippen LogP contribution in [0.4, 0.5) is 0 Å². The topological polar surface area (TPSA) is 30.7 Å². The van der Waals surface area contributed by atoms with Gasteiger partial charge in [0.15, 0.2) is 5.82 Å². The molecule has 0 aliphatic heterocycles. The van der Waals surface area contributed by atoms with Crippen LogP contribution < -0.4 is 0 Å². The summed E-state index contributed by atoms with van der Waals surface area (Å²) in [5.74, 6) is 2.29. The van der Waals surface area contributed by atoms with E-state index in [-0.39, 0.29) is 0 Å². The van der Waals surface area contributed by atoms with Gasteiger partial charge >= 0.3 is 0 Å². The predicted molar refractivity (Wildman–Crippen MR) is 215 cm³/mol. The molecule has 0 saturated carbocycles. The molecule has 3 heteroatoms. The quantitative estimate of drug-likeness (QED) is 0.185. The Balaban J connectivity index is 1.30. The van der Waals surface area contributed by atoms with Crippen molar-refractivity contribution >= 4 is 54.3 Å². The third-order valence-corrected chi connectivity index (χ3v) is 11.9. The van der Waals surface area contributed by atoms with Crippen LogP contribution in [-0.2, 0) is 0 Å². The summed E-state index contributed by atoms with van der Waals surface area (Å²) in [5.41, 5.74) is 14.0. The van der Waals surface area contributed by atoms with E-state index in [0.29, 0.717) is 11.8 Å². The van der Waals surface area contributed by atoms with E-state index in [4.69, 9.17) is 9.97 Å². The van der Waals surface area contributed by atoms with E-state index < -0.39 is 0 Å². The fourth-order valence-corrected chi connectivity index (χ4v) is 9.77. The van der Waals surface area contributed by atoms with E-state index >= 15 is 0 Å². The molecular formula is C49H31N3.